The molecule has 0 spiro atoms. The Balaban J connectivity index is 2.18. The summed E-state index contributed by atoms with van der Waals surface area (Å²) in [6.07, 6.45) is -0.801. The van der Waals surface area contributed by atoms with Crippen molar-refractivity contribution in [1.82, 2.24) is 0 Å². The molecule has 2 aromatic carbocycles. The number of aryl methyl sites for hydroxylation is 1. The van der Waals surface area contributed by atoms with Gasteiger partial charge in [0, 0.05) is 12.1 Å². The number of rotatable bonds is 6. The molecule has 0 aliphatic rings. The summed E-state index contributed by atoms with van der Waals surface area (Å²) in [5.74, 6) is 0.448. The smallest absolute Gasteiger partial charge is 0.271 e. The summed E-state index contributed by atoms with van der Waals surface area (Å²) in [4.78, 5) is 22.8. The van der Waals surface area contributed by atoms with E-state index in [1.54, 1.807) is 6.92 Å². The van der Waals surface area contributed by atoms with Crippen LogP contribution < -0.4 is 10.1 Å². The van der Waals surface area contributed by atoms with E-state index in [0.717, 1.165) is 11.1 Å². The first-order chi connectivity index (χ1) is 12.2. The molecule has 1 N–H and O–H groups in total. The summed E-state index contributed by atoms with van der Waals surface area (Å²) >= 11 is 6.02. The maximum absolute atomic E-state index is 12.5. The fourth-order valence-electron chi connectivity index (χ4n) is 2.42. The lowest BCUT2D eigenvalue weighted by Crippen LogP contribution is -2.30. The molecular weight excluding hydrogens is 356 g/mol. The number of halogens is 1. The van der Waals surface area contributed by atoms with Crippen molar-refractivity contribution >= 4 is 28.9 Å². The number of hydrogen-bond donors (Lipinski definition) is 1. The SMILES string of the molecule is Cc1ccc(C(C)C)c(OC(C)C(=O)Nc2cc([N+](=O)[O-])ccc2Cl)c1. The van der Waals surface area contributed by atoms with E-state index in [2.05, 4.69) is 5.32 Å². The van der Waals surface area contributed by atoms with Crippen LogP contribution in [0.1, 0.15) is 37.8 Å². The highest BCUT2D eigenvalue weighted by molar-refractivity contribution is 6.33. The fraction of sp³-hybridized carbons (Fsp3) is 0.316. The predicted molar refractivity (Wildman–Crippen MR) is 102 cm³/mol. The highest BCUT2D eigenvalue weighted by Gasteiger charge is 2.20. The molecule has 0 aromatic heterocycles. The molecule has 1 atom stereocenters. The Kier molecular flexibility index (Phi) is 6.21. The van der Waals surface area contributed by atoms with Crippen molar-refractivity contribution < 1.29 is 14.5 Å². The van der Waals surface area contributed by atoms with Gasteiger partial charge in [0.05, 0.1) is 15.6 Å². The summed E-state index contributed by atoms with van der Waals surface area (Å²) in [6.45, 7) is 7.66. The third-order valence-electron chi connectivity index (χ3n) is 3.88. The van der Waals surface area contributed by atoms with Crippen LogP contribution in [0.15, 0.2) is 36.4 Å². The van der Waals surface area contributed by atoms with Gasteiger partial charge in [-0.1, -0.05) is 37.6 Å². The lowest BCUT2D eigenvalue weighted by atomic mass is 10.0. The maximum atomic E-state index is 12.5. The van der Waals surface area contributed by atoms with Crippen LogP contribution in [-0.4, -0.2) is 16.9 Å². The van der Waals surface area contributed by atoms with E-state index < -0.39 is 16.9 Å². The largest absolute Gasteiger partial charge is 0.481 e. The minimum absolute atomic E-state index is 0.154. The topological polar surface area (TPSA) is 81.5 Å². The van der Waals surface area contributed by atoms with E-state index in [1.165, 1.54) is 18.2 Å². The van der Waals surface area contributed by atoms with Gasteiger partial charge in [-0.15, -0.1) is 0 Å². The molecule has 0 saturated heterocycles. The molecule has 0 bridgehead atoms. The number of anilines is 1. The molecule has 6 nitrogen and oxygen atoms in total. The molecule has 0 aliphatic carbocycles. The number of nitrogens with one attached hydrogen (secondary N) is 1. The molecule has 0 fully saturated rings. The number of ether oxygens (including phenoxy) is 1. The standard InChI is InChI=1S/C19H21ClN2O4/c1-11(2)15-7-5-12(3)9-18(15)26-13(4)19(23)21-17-10-14(22(24)25)6-8-16(17)20/h5-11,13H,1-4H3,(H,21,23). The second kappa shape index (κ2) is 8.19. The molecule has 138 valence electrons. The zero-order valence-corrected chi connectivity index (χ0v) is 15.8. The third kappa shape index (κ3) is 4.73. The van der Waals surface area contributed by atoms with Crippen molar-refractivity contribution in [2.45, 2.75) is 39.7 Å². The van der Waals surface area contributed by atoms with Gasteiger partial charge in [0.1, 0.15) is 5.75 Å². The Morgan fingerprint density at radius 1 is 1.19 bits per heavy atom. The quantitative estimate of drug-likeness (QED) is 0.562. The van der Waals surface area contributed by atoms with Crippen LogP contribution in [0.25, 0.3) is 0 Å². The van der Waals surface area contributed by atoms with Gasteiger partial charge in [-0.05, 0) is 43.0 Å². The summed E-state index contributed by atoms with van der Waals surface area (Å²) in [5, 5.41) is 13.7. The molecule has 0 radical (unpaired) electrons. The Morgan fingerprint density at radius 3 is 2.50 bits per heavy atom. The number of hydrogen-bond acceptors (Lipinski definition) is 4. The second-order valence-electron chi connectivity index (χ2n) is 6.37. The monoisotopic (exact) mass is 376 g/mol. The summed E-state index contributed by atoms with van der Waals surface area (Å²) in [6, 6.07) is 9.74. The first-order valence-electron chi connectivity index (χ1n) is 8.21. The van der Waals surface area contributed by atoms with Gasteiger partial charge in [-0.25, -0.2) is 0 Å². The van der Waals surface area contributed by atoms with E-state index in [4.69, 9.17) is 16.3 Å². The number of nitro groups is 1. The van der Waals surface area contributed by atoms with Crippen LogP contribution in [0, 0.1) is 17.0 Å². The van der Waals surface area contributed by atoms with Crippen LogP contribution >= 0.6 is 11.6 Å². The van der Waals surface area contributed by atoms with E-state index >= 15 is 0 Å². The predicted octanol–water partition coefficient (Wildman–Crippen LogP) is 5.09. The van der Waals surface area contributed by atoms with Crippen molar-refractivity contribution in [2.24, 2.45) is 0 Å². The summed E-state index contributed by atoms with van der Waals surface area (Å²) < 4.78 is 5.85. The molecule has 26 heavy (non-hydrogen) atoms. The zero-order chi connectivity index (χ0) is 19.4. The van der Waals surface area contributed by atoms with Gasteiger partial charge in [0.25, 0.3) is 11.6 Å². The number of amides is 1. The average molecular weight is 377 g/mol. The Hall–Kier alpha value is -2.60. The van der Waals surface area contributed by atoms with Gasteiger partial charge in [0.15, 0.2) is 6.10 Å². The molecule has 7 heteroatoms. The Labute approximate surface area is 157 Å². The number of non-ortho nitro benzene ring substituents is 1. The normalized spacial score (nSPS) is 11.9. The van der Waals surface area contributed by atoms with Crippen molar-refractivity contribution in [1.29, 1.82) is 0 Å². The Morgan fingerprint density at radius 2 is 1.88 bits per heavy atom. The number of carbonyl (C=O) groups is 1. The highest BCUT2D eigenvalue weighted by Crippen LogP contribution is 2.29. The van der Waals surface area contributed by atoms with E-state index in [1.807, 2.05) is 39.0 Å². The van der Waals surface area contributed by atoms with Crippen molar-refractivity contribution in [3.8, 4) is 5.75 Å². The molecule has 1 amide bonds. The van der Waals surface area contributed by atoms with Crippen LogP contribution in [0.5, 0.6) is 5.75 Å². The lowest BCUT2D eigenvalue weighted by molar-refractivity contribution is -0.384. The van der Waals surface area contributed by atoms with E-state index in [-0.39, 0.29) is 22.3 Å². The summed E-state index contributed by atoms with van der Waals surface area (Å²) in [5.41, 5.74) is 2.05. The highest BCUT2D eigenvalue weighted by atomic mass is 35.5. The molecule has 0 heterocycles. The minimum atomic E-state index is -0.801. The van der Waals surface area contributed by atoms with Crippen LogP contribution in [-0.2, 0) is 4.79 Å². The molecule has 2 aromatic rings. The van der Waals surface area contributed by atoms with Gasteiger partial charge in [-0.2, -0.15) is 0 Å². The van der Waals surface area contributed by atoms with E-state index in [9.17, 15) is 14.9 Å². The first-order valence-corrected chi connectivity index (χ1v) is 8.59. The van der Waals surface area contributed by atoms with Gasteiger partial charge in [0.2, 0.25) is 0 Å². The molecule has 0 aliphatic heterocycles. The van der Waals surface area contributed by atoms with Crippen LogP contribution in [0.4, 0.5) is 11.4 Å². The number of carbonyl (C=O) groups excluding carboxylic acids is 1. The molecular formula is C19H21ClN2O4. The summed E-state index contributed by atoms with van der Waals surface area (Å²) in [7, 11) is 0. The maximum Gasteiger partial charge on any atom is 0.271 e. The van der Waals surface area contributed by atoms with Crippen molar-refractivity contribution in [3.63, 3.8) is 0 Å². The zero-order valence-electron chi connectivity index (χ0n) is 15.1. The lowest BCUT2D eigenvalue weighted by Gasteiger charge is -2.19. The van der Waals surface area contributed by atoms with Gasteiger partial charge in [-0.3, -0.25) is 14.9 Å². The fourth-order valence-corrected chi connectivity index (χ4v) is 2.59. The van der Waals surface area contributed by atoms with Gasteiger partial charge >= 0.3 is 0 Å². The van der Waals surface area contributed by atoms with Crippen LogP contribution in [0.3, 0.4) is 0 Å². The minimum Gasteiger partial charge on any atom is -0.481 e. The van der Waals surface area contributed by atoms with Gasteiger partial charge < -0.3 is 10.1 Å². The third-order valence-corrected chi connectivity index (χ3v) is 4.21. The number of nitro benzene ring substituents is 1. The van der Waals surface area contributed by atoms with E-state index in [0.29, 0.717) is 5.75 Å². The second-order valence-corrected chi connectivity index (χ2v) is 6.77. The average Bonchev–Trinajstić information content (AvgIpc) is 2.56. The molecule has 0 saturated carbocycles. The first kappa shape index (κ1) is 19.7. The van der Waals surface area contributed by atoms with Crippen molar-refractivity contribution in [2.75, 3.05) is 5.32 Å². The Bertz CT molecular complexity index is 836. The van der Waals surface area contributed by atoms with Crippen LogP contribution in [0.2, 0.25) is 5.02 Å². The molecule has 2 rings (SSSR count). The number of nitrogens with zero attached hydrogens (tertiary/aromatic N) is 1. The number of benzene rings is 2. The van der Waals surface area contributed by atoms with Crippen molar-refractivity contribution in [3.05, 3.63) is 62.7 Å². The molecule has 1 unspecified atom stereocenters.